The number of piperidine rings is 1. The molecule has 0 radical (unpaired) electrons. The van der Waals surface area contributed by atoms with E-state index in [1.54, 1.807) is 6.07 Å². The van der Waals surface area contributed by atoms with Crippen LogP contribution in [0.3, 0.4) is 0 Å². The summed E-state index contributed by atoms with van der Waals surface area (Å²) in [6.45, 7) is 0.919. The van der Waals surface area contributed by atoms with Crippen molar-refractivity contribution in [1.29, 1.82) is 0 Å². The van der Waals surface area contributed by atoms with Crippen molar-refractivity contribution in [1.82, 2.24) is 10.6 Å². The predicted octanol–water partition coefficient (Wildman–Crippen LogP) is 2.07. The highest BCUT2D eigenvalue weighted by Gasteiger charge is 2.30. The SMILES string of the molecule is O=C1NCCCC1NCc1cccc(C(F)(F)F)c1. The molecule has 0 bridgehead atoms. The van der Waals surface area contributed by atoms with E-state index in [-0.39, 0.29) is 18.5 Å². The summed E-state index contributed by atoms with van der Waals surface area (Å²) >= 11 is 0. The van der Waals surface area contributed by atoms with E-state index in [0.29, 0.717) is 18.5 Å². The van der Waals surface area contributed by atoms with Gasteiger partial charge in [-0.05, 0) is 24.5 Å². The van der Waals surface area contributed by atoms with Gasteiger partial charge in [-0.3, -0.25) is 4.79 Å². The molecule has 0 aromatic heterocycles. The van der Waals surface area contributed by atoms with E-state index in [4.69, 9.17) is 0 Å². The summed E-state index contributed by atoms with van der Waals surface area (Å²) < 4.78 is 37.6. The molecule has 1 fully saturated rings. The lowest BCUT2D eigenvalue weighted by atomic mass is 10.1. The number of carbonyl (C=O) groups excluding carboxylic acids is 1. The van der Waals surface area contributed by atoms with E-state index in [0.717, 1.165) is 18.6 Å². The normalized spacial score (nSPS) is 20.2. The Morgan fingerprint density at radius 2 is 2.16 bits per heavy atom. The average Bonchev–Trinajstić information content (AvgIpc) is 2.37. The third-order valence-electron chi connectivity index (χ3n) is 3.09. The molecule has 19 heavy (non-hydrogen) atoms. The molecule has 0 aliphatic carbocycles. The van der Waals surface area contributed by atoms with Gasteiger partial charge in [-0.25, -0.2) is 0 Å². The number of rotatable bonds is 3. The number of halogens is 3. The number of hydrogen-bond acceptors (Lipinski definition) is 2. The van der Waals surface area contributed by atoms with Gasteiger partial charge in [-0.2, -0.15) is 13.2 Å². The fourth-order valence-corrected chi connectivity index (χ4v) is 2.07. The van der Waals surface area contributed by atoms with E-state index in [9.17, 15) is 18.0 Å². The molecule has 6 heteroatoms. The molecule has 3 nitrogen and oxygen atoms in total. The molecular weight excluding hydrogens is 257 g/mol. The average molecular weight is 272 g/mol. The van der Waals surface area contributed by atoms with Crippen LogP contribution < -0.4 is 10.6 Å². The Kier molecular flexibility index (Phi) is 4.09. The highest BCUT2D eigenvalue weighted by Crippen LogP contribution is 2.29. The fraction of sp³-hybridized carbons (Fsp3) is 0.462. The number of carbonyl (C=O) groups is 1. The van der Waals surface area contributed by atoms with Crippen LogP contribution in [0.2, 0.25) is 0 Å². The van der Waals surface area contributed by atoms with Gasteiger partial charge in [-0.1, -0.05) is 18.2 Å². The first-order valence-corrected chi connectivity index (χ1v) is 6.14. The maximum atomic E-state index is 12.5. The summed E-state index contributed by atoms with van der Waals surface area (Å²) in [5, 5.41) is 5.71. The Labute approximate surface area is 109 Å². The number of alkyl halides is 3. The van der Waals surface area contributed by atoms with Crippen molar-refractivity contribution in [2.24, 2.45) is 0 Å². The number of nitrogens with one attached hydrogen (secondary N) is 2. The molecule has 1 heterocycles. The van der Waals surface area contributed by atoms with Gasteiger partial charge in [0.05, 0.1) is 11.6 Å². The minimum absolute atomic E-state index is 0.0850. The Bertz CT molecular complexity index is 459. The Morgan fingerprint density at radius 1 is 1.37 bits per heavy atom. The van der Waals surface area contributed by atoms with Crippen LogP contribution in [0.5, 0.6) is 0 Å². The lowest BCUT2D eigenvalue weighted by molar-refractivity contribution is -0.137. The standard InChI is InChI=1S/C13H15F3N2O/c14-13(15,16)10-4-1-3-9(7-10)8-18-11-5-2-6-17-12(11)19/h1,3-4,7,11,18H,2,5-6,8H2,(H,17,19). The third-order valence-corrected chi connectivity index (χ3v) is 3.09. The van der Waals surface area contributed by atoms with E-state index < -0.39 is 11.7 Å². The van der Waals surface area contributed by atoms with Crippen LogP contribution in [0, 0.1) is 0 Å². The molecule has 1 unspecified atom stereocenters. The predicted molar refractivity (Wildman–Crippen MR) is 64.3 cm³/mol. The molecule has 2 N–H and O–H groups in total. The highest BCUT2D eigenvalue weighted by molar-refractivity contribution is 5.82. The van der Waals surface area contributed by atoms with E-state index in [1.807, 2.05) is 0 Å². The molecule has 104 valence electrons. The zero-order valence-electron chi connectivity index (χ0n) is 10.3. The van der Waals surface area contributed by atoms with Crippen LogP contribution in [0.4, 0.5) is 13.2 Å². The Hall–Kier alpha value is -1.56. The number of amides is 1. The summed E-state index contributed by atoms with van der Waals surface area (Å²) in [4.78, 5) is 11.5. The maximum Gasteiger partial charge on any atom is 0.416 e. The summed E-state index contributed by atoms with van der Waals surface area (Å²) in [5.74, 6) is -0.0850. The second-order valence-corrected chi connectivity index (χ2v) is 4.56. The van der Waals surface area contributed by atoms with Gasteiger partial charge in [0.25, 0.3) is 0 Å². The van der Waals surface area contributed by atoms with Crippen molar-refractivity contribution in [3.8, 4) is 0 Å². The highest BCUT2D eigenvalue weighted by atomic mass is 19.4. The molecule has 1 amide bonds. The molecule has 2 rings (SSSR count). The number of hydrogen-bond donors (Lipinski definition) is 2. The molecule has 1 aromatic carbocycles. The fourth-order valence-electron chi connectivity index (χ4n) is 2.07. The lowest BCUT2D eigenvalue weighted by Gasteiger charge is -2.23. The van der Waals surface area contributed by atoms with E-state index in [2.05, 4.69) is 10.6 Å². The van der Waals surface area contributed by atoms with Crippen LogP contribution in [-0.4, -0.2) is 18.5 Å². The number of benzene rings is 1. The van der Waals surface area contributed by atoms with Gasteiger partial charge in [0.15, 0.2) is 0 Å². The molecule has 1 saturated heterocycles. The van der Waals surface area contributed by atoms with Crippen LogP contribution in [-0.2, 0) is 17.5 Å². The van der Waals surface area contributed by atoms with E-state index >= 15 is 0 Å². The topological polar surface area (TPSA) is 41.1 Å². The van der Waals surface area contributed by atoms with Gasteiger partial charge in [0.2, 0.25) is 5.91 Å². The minimum atomic E-state index is -4.34. The van der Waals surface area contributed by atoms with Crippen molar-refractivity contribution in [2.75, 3.05) is 6.54 Å². The van der Waals surface area contributed by atoms with Crippen molar-refractivity contribution in [2.45, 2.75) is 31.6 Å². The van der Waals surface area contributed by atoms with E-state index in [1.165, 1.54) is 6.07 Å². The van der Waals surface area contributed by atoms with Crippen molar-refractivity contribution in [3.63, 3.8) is 0 Å². The van der Waals surface area contributed by atoms with Crippen molar-refractivity contribution in [3.05, 3.63) is 35.4 Å². The maximum absolute atomic E-state index is 12.5. The van der Waals surface area contributed by atoms with Crippen LogP contribution in [0.15, 0.2) is 24.3 Å². The second-order valence-electron chi connectivity index (χ2n) is 4.56. The van der Waals surface area contributed by atoms with Crippen LogP contribution in [0.1, 0.15) is 24.0 Å². The quantitative estimate of drug-likeness (QED) is 0.884. The smallest absolute Gasteiger partial charge is 0.355 e. The van der Waals surface area contributed by atoms with Gasteiger partial charge >= 0.3 is 6.18 Å². The monoisotopic (exact) mass is 272 g/mol. The van der Waals surface area contributed by atoms with Gasteiger partial charge in [0.1, 0.15) is 0 Å². The second kappa shape index (κ2) is 5.61. The Morgan fingerprint density at radius 3 is 2.84 bits per heavy atom. The zero-order chi connectivity index (χ0) is 13.9. The largest absolute Gasteiger partial charge is 0.416 e. The summed E-state index contributed by atoms with van der Waals surface area (Å²) in [7, 11) is 0. The third kappa shape index (κ3) is 3.70. The summed E-state index contributed by atoms with van der Waals surface area (Å²) in [6.07, 6.45) is -2.74. The molecule has 1 aliphatic heterocycles. The first-order valence-electron chi connectivity index (χ1n) is 6.14. The summed E-state index contributed by atoms with van der Waals surface area (Å²) in [5.41, 5.74) is -0.145. The van der Waals surface area contributed by atoms with Crippen molar-refractivity contribution >= 4 is 5.91 Å². The molecule has 1 aromatic rings. The summed E-state index contributed by atoms with van der Waals surface area (Å²) in [6, 6.07) is 4.82. The Balaban J connectivity index is 1.98. The van der Waals surface area contributed by atoms with Crippen molar-refractivity contribution < 1.29 is 18.0 Å². The molecule has 1 atom stereocenters. The molecule has 0 spiro atoms. The first-order chi connectivity index (χ1) is 8.97. The molecule has 1 aliphatic rings. The van der Waals surface area contributed by atoms with Gasteiger partial charge in [0, 0.05) is 13.1 Å². The lowest BCUT2D eigenvalue weighted by Crippen LogP contribution is -2.47. The van der Waals surface area contributed by atoms with Gasteiger partial charge in [-0.15, -0.1) is 0 Å². The zero-order valence-corrected chi connectivity index (χ0v) is 10.3. The minimum Gasteiger partial charge on any atom is -0.355 e. The van der Waals surface area contributed by atoms with Crippen LogP contribution in [0.25, 0.3) is 0 Å². The molecule has 0 saturated carbocycles. The molecular formula is C13H15F3N2O. The first kappa shape index (κ1) is 13.9. The van der Waals surface area contributed by atoms with Crippen LogP contribution >= 0.6 is 0 Å². The van der Waals surface area contributed by atoms with Gasteiger partial charge < -0.3 is 10.6 Å².